The highest BCUT2D eigenvalue weighted by molar-refractivity contribution is 5.87. The lowest BCUT2D eigenvalue weighted by atomic mass is 9.43. The zero-order chi connectivity index (χ0) is 21.1. The summed E-state index contributed by atoms with van der Waals surface area (Å²) in [5, 5.41) is 20.4. The van der Waals surface area contributed by atoms with E-state index < -0.39 is 11.4 Å². The van der Waals surface area contributed by atoms with E-state index in [9.17, 15) is 14.7 Å². The molecule has 0 radical (unpaired) electrons. The highest BCUT2D eigenvalue weighted by Gasteiger charge is 2.65. The monoisotopic (exact) mass is 405 g/mol. The molecule has 29 heavy (non-hydrogen) atoms. The predicted octanol–water partition coefficient (Wildman–Crippen LogP) is 3.62. The standard InChI is InChI=1S/C24H39NO4/c1-13(4-7-21(28)29)16-5-6-17-22-18(12-20(27)24(16,17)3)23(2)9-8-15(25)10-14(23)11-19(22)26/h13-19,22,26H,4-12,25H2,1-3H3,(H,28,29)/t13-,14?,15+,16-,17+,18+,19-,22+,23+,24-/m1/s1. The first-order valence-electron chi connectivity index (χ1n) is 11.8. The predicted molar refractivity (Wildman–Crippen MR) is 111 cm³/mol. The summed E-state index contributed by atoms with van der Waals surface area (Å²) >= 11 is 0. The van der Waals surface area contributed by atoms with Crippen LogP contribution in [-0.2, 0) is 9.59 Å². The lowest BCUT2D eigenvalue weighted by Crippen LogP contribution is -2.61. The van der Waals surface area contributed by atoms with Gasteiger partial charge in [0.15, 0.2) is 0 Å². The Bertz CT molecular complexity index is 680. The number of hydrogen-bond acceptors (Lipinski definition) is 4. The lowest BCUT2D eigenvalue weighted by molar-refractivity contribution is -0.177. The van der Waals surface area contributed by atoms with E-state index in [1.165, 1.54) is 0 Å². The molecule has 0 aliphatic heterocycles. The second kappa shape index (κ2) is 7.33. The normalized spacial score (nSPS) is 50.4. The minimum atomic E-state index is -0.760. The van der Waals surface area contributed by atoms with Gasteiger partial charge in [0.25, 0.3) is 0 Å². The summed E-state index contributed by atoms with van der Waals surface area (Å²) in [5.41, 5.74) is 5.97. The van der Waals surface area contributed by atoms with Gasteiger partial charge in [-0.1, -0.05) is 20.8 Å². The van der Waals surface area contributed by atoms with Crippen LogP contribution >= 0.6 is 0 Å². The van der Waals surface area contributed by atoms with Gasteiger partial charge >= 0.3 is 5.97 Å². The van der Waals surface area contributed by atoms with Crippen molar-refractivity contribution in [2.45, 2.75) is 90.7 Å². The average Bonchev–Trinajstić information content (AvgIpc) is 3.01. The number of ketones is 1. The van der Waals surface area contributed by atoms with Crippen molar-refractivity contribution >= 4 is 11.8 Å². The smallest absolute Gasteiger partial charge is 0.303 e. The molecule has 0 aromatic carbocycles. The van der Waals surface area contributed by atoms with Crippen LogP contribution in [0.25, 0.3) is 0 Å². The Hall–Kier alpha value is -0.940. The summed E-state index contributed by atoms with van der Waals surface area (Å²) < 4.78 is 0. The maximum Gasteiger partial charge on any atom is 0.303 e. The second-order valence-corrected chi connectivity index (χ2v) is 11.3. The molecule has 0 heterocycles. The quantitative estimate of drug-likeness (QED) is 0.663. The third kappa shape index (κ3) is 3.18. The van der Waals surface area contributed by atoms with E-state index in [1.807, 2.05) is 0 Å². The molecular formula is C24H39NO4. The largest absolute Gasteiger partial charge is 0.481 e. The molecule has 5 heteroatoms. The molecule has 4 N–H and O–H groups in total. The van der Waals surface area contributed by atoms with E-state index in [-0.39, 0.29) is 53.6 Å². The molecule has 4 aliphatic carbocycles. The molecule has 0 bridgehead atoms. The summed E-state index contributed by atoms with van der Waals surface area (Å²) in [6.07, 6.45) is 6.91. The van der Waals surface area contributed by atoms with E-state index in [0.717, 1.165) is 38.5 Å². The number of aliphatic hydroxyl groups excluding tert-OH is 1. The van der Waals surface area contributed by atoms with Crippen molar-refractivity contribution in [2.24, 2.45) is 52.1 Å². The fourth-order valence-corrected chi connectivity index (χ4v) is 8.47. The third-order valence-corrected chi connectivity index (χ3v) is 10.2. The van der Waals surface area contributed by atoms with Crippen LogP contribution in [-0.4, -0.2) is 34.1 Å². The maximum absolute atomic E-state index is 13.7. The number of fused-ring (bicyclic) bond motifs is 5. The van der Waals surface area contributed by atoms with Crippen LogP contribution in [0.15, 0.2) is 0 Å². The van der Waals surface area contributed by atoms with Crippen LogP contribution in [0.1, 0.15) is 78.6 Å². The topological polar surface area (TPSA) is 101 Å². The number of carboxylic acids is 1. The van der Waals surface area contributed by atoms with Crippen LogP contribution in [0.3, 0.4) is 0 Å². The van der Waals surface area contributed by atoms with Crippen LogP contribution in [0, 0.1) is 46.3 Å². The van der Waals surface area contributed by atoms with E-state index in [2.05, 4.69) is 20.8 Å². The zero-order valence-corrected chi connectivity index (χ0v) is 18.3. The molecule has 164 valence electrons. The highest BCUT2D eigenvalue weighted by Crippen LogP contribution is 2.67. The SMILES string of the molecule is C[C@H](CCC(=O)O)[C@H]1CC[C@H]2[C@@H]3[C@H](O)CC4C[C@@H](N)CC[C@]4(C)[C@H]3CC(=O)[C@]12C. The molecule has 4 rings (SSSR count). The van der Waals surface area contributed by atoms with Gasteiger partial charge in [0.2, 0.25) is 0 Å². The number of carboxylic acid groups (broad SMARTS) is 1. The molecule has 0 saturated heterocycles. The number of hydrogen-bond donors (Lipinski definition) is 3. The molecule has 10 atom stereocenters. The maximum atomic E-state index is 13.7. The number of Topliss-reactive ketones (excluding diaryl/α,β-unsaturated/α-hetero) is 1. The Kier molecular flexibility index (Phi) is 5.39. The summed E-state index contributed by atoms with van der Waals surface area (Å²) in [6.45, 7) is 6.63. The number of carbonyl (C=O) groups is 2. The fraction of sp³-hybridized carbons (Fsp3) is 0.917. The van der Waals surface area contributed by atoms with Gasteiger partial charge in [-0.3, -0.25) is 9.59 Å². The molecule has 1 unspecified atom stereocenters. The number of nitrogens with two attached hydrogens (primary N) is 1. The first kappa shape index (κ1) is 21.3. The molecule has 0 aromatic rings. The number of carbonyl (C=O) groups excluding carboxylic acids is 1. The van der Waals surface area contributed by atoms with Crippen LogP contribution < -0.4 is 5.73 Å². The molecule has 0 aromatic heterocycles. The van der Waals surface area contributed by atoms with Crippen molar-refractivity contribution in [3.05, 3.63) is 0 Å². The average molecular weight is 406 g/mol. The van der Waals surface area contributed by atoms with Gasteiger partial charge < -0.3 is 15.9 Å². The van der Waals surface area contributed by atoms with Crippen LogP contribution in [0.5, 0.6) is 0 Å². The van der Waals surface area contributed by atoms with E-state index >= 15 is 0 Å². The van der Waals surface area contributed by atoms with Gasteiger partial charge in [-0.15, -0.1) is 0 Å². The van der Waals surface area contributed by atoms with E-state index in [0.29, 0.717) is 24.5 Å². The summed E-state index contributed by atoms with van der Waals surface area (Å²) in [5.74, 6) is 1.19. The van der Waals surface area contributed by atoms with Crippen molar-refractivity contribution in [3.8, 4) is 0 Å². The first-order chi connectivity index (χ1) is 13.6. The Labute approximate surface area is 174 Å². The van der Waals surface area contributed by atoms with Gasteiger partial charge in [0, 0.05) is 24.3 Å². The third-order valence-electron chi connectivity index (χ3n) is 10.2. The van der Waals surface area contributed by atoms with Gasteiger partial charge in [-0.25, -0.2) is 0 Å². The van der Waals surface area contributed by atoms with Crippen molar-refractivity contribution in [3.63, 3.8) is 0 Å². The van der Waals surface area contributed by atoms with Crippen LogP contribution in [0.4, 0.5) is 0 Å². The molecule has 0 amide bonds. The minimum absolute atomic E-state index is 0.115. The zero-order valence-electron chi connectivity index (χ0n) is 18.3. The van der Waals surface area contributed by atoms with Crippen molar-refractivity contribution in [2.75, 3.05) is 0 Å². The molecular weight excluding hydrogens is 366 g/mol. The molecule has 4 aliphatic rings. The molecule has 4 fully saturated rings. The number of aliphatic carboxylic acids is 1. The Morgan fingerprint density at radius 3 is 2.62 bits per heavy atom. The van der Waals surface area contributed by atoms with E-state index in [1.54, 1.807) is 0 Å². The first-order valence-corrected chi connectivity index (χ1v) is 11.8. The summed E-state index contributed by atoms with van der Waals surface area (Å²) in [7, 11) is 0. The van der Waals surface area contributed by atoms with Gasteiger partial charge in [0.05, 0.1) is 6.10 Å². The Balaban J connectivity index is 1.62. The van der Waals surface area contributed by atoms with Gasteiger partial charge in [-0.05, 0) is 85.9 Å². The van der Waals surface area contributed by atoms with Crippen molar-refractivity contribution in [1.29, 1.82) is 0 Å². The Morgan fingerprint density at radius 2 is 1.93 bits per heavy atom. The van der Waals surface area contributed by atoms with Gasteiger partial charge in [-0.2, -0.15) is 0 Å². The van der Waals surface area contributed by atoms with Gasteiger partial charge in [0.1, 0.15) is 5.78 Å². The summed E-state index contributed by atoms with van der Waals surface area (Å²) in [4.78, 5) is 24.7. The summed E-state index contributed by atoms with van der Waals surface area (Å²) in [6, 6.07) is 0.229. The lowest BCUT2D eigenvalue weighted by Gasteiger charge is -2.61. The Morgan fingerprint density at radius 1 is 1.21 bits per heavy atom. The number of aliphatic hydroxyl groups is 1. The van der Waals surface area contributed by atoms with Crippen LogP contribution in [0.2, 0.25) is 0 Å². The molecule has 5 nitrogen and oxygen atoms in total. The fourth-order valence-electron chi connectivity index (χ4n) is 8.47. The van der Waals surface area contributed by atoms with E-state index in [4.69, 9.17) is 10.8 Å². The molecule has 4 saturated carbocycles. The highest BCUT2D eigenvalue weighted by atomic mass is 16.4. The van der Waals surface area contributed by atoms with Crippen molar-refractivity contribution in [1.82, 2.24) is 0 Å². The second-order valence-electron chi connectivity index (χ2n) is 11.3. The molecule has 0 spiro atoms. The van der Waals surface area contributed by atoms with Crippen molar-refractivity contribution < 1.29 is 19.8 Å². The number of rotatable bonds is 4. The minimum Gasteiger partial charge on any atom is -0.481 e.